The number of carbonyl (C=O) groups is 2. The molecule has 8 heteroatoms. The maximum atomic E-state index is 15.5. The van der Waals surface area contributed by atoms with Crippen molar-refractivity contribution in [2.75, 3.05) is 18.1 Å². The lowest BCUT2D eigenvalue weighted by atomic mass is 9.83. The molecule has 0 aliphatic carbocycles. The van der Waals surface area contributed by atoms with Gasteiger partial charge in [-0.05, 0) is 113 Å². The van der Waals surface area contributed by atoms with Gasteiger partial charge in [0, 0.05) is 23.4 Å². The molecule has 1 N–H and O–H groups in total. The van der Waals surface area contributed by atoms with Gasteiger partial charge in [0.05, 0.1) is 17.8 Å². The van der Waals surface area contributed by atoms with Crippen molar-refractivity contribution in [2.45, 2.75) is 72.5 Å². The number of hydrogen-bond donors (Lipinski definition) is 1. The summed E-state index contributed by atoms with van der Waals surface area (Å²) in [6.45, 7) is 11.5. The summed E-state index contributed by atoms with van der Waals surface area (Å²) in [5.41, 5.74) is 4.82. The van der Waals surface area contributed by atoms with Crippen LogP contribution in [0.2, 0.25) is 0 Å². The molecular weight excluding hydrogens is 528 g/mol. The van der Waals surface area contributed by atoms with Gasteiger partial charge in [-0.2, -0.15) is 0 Å². The zero-order chi connectivity index (χ0) is 29.8. The minimum atomic E-state index is -1.34. The van der Waals surface area contributed by atoms with E-state index in [-0.39, 0.29) is 17.9 Å². The minimum absolute atomic E-state index is 0.0336. The minimum Gasteiger partial charge on any atom is -0.490 e. The number of carboxylic acids is 1. The zero-order valence-electron chi connectivity index (χ0n) is 24.3. The van der Waals surface area contributed by atoms with Gasteiger partial charge in [-0.25, -0.2) is 13.6 Å². The van der Waals surface area contributed by atoms with Crippen LogP contribution < -0.4 is 9.64 Å². The second-order valence-corrected chi connectivity index (χ2v) is 11.9. The van der Waals surface area contributed by atoms with Crippen LogP contribution in [0.25, 0.3) is 11.1 Å². The number of amides is 1. The van der Waals surface area contributed by atoms with E-state index in [1.165, 1.54) is 23.1 Å². The SMILES string of the molecule is Cc1ccc(F)c(C(=O)N2CCc3c2cc(C)c([C@H](OC(C)(C)C)C(=O)O)c3-c2cc(F)c3c(c2C)CCCO3)c1. The number of benzene rings is 3. The van der Waals surface area contributed by atoms with Gasteiger partial charge in [0.25, 0.3) is 5.91 Å². The number of fused-ring (bicyclic) bond motifs is 2. The van der Waals surface area contributed by atoms with E-state index in [1.807, 2.05) is 6.92 Å². The van der Waals surface area contributed by atoms with Gasteiger partial charge < -0.3 is 19.5 Å². The van der Waals surface area contributed by atoms with Crippen LogP contribution >= 0.6 is 0 Å². The van der Waals surface area contributed by atoms with Crippen molar-refractivity contribution < 1.29 is 33.0 Å². The Bertz CT molecular complexity index is 1570. The van der Waals surface area contributed by atoms with Crippen molar-refractivity contribution in [3.63, 3.8) is 0 Å². The number of aryl methyl sites for hydroxylation is 2. The van der Waals surface area contributed by atoms with Crippen molar-refractivity contribution in [3.05, 3.63) is 80.9 Å². The maximum Gasteiger partial charge on any atom is 0.337 e. The molecule has 1 amide bonds. The van der Waals surface area contributed by atoms with Crippen LogP contribution in [-0.2, 0) is 22.4 Å². The number of nitrogens with zero attached hydrogens (tertiary/aromatic N) is 1. The fourth-order valence-corrected chi connectivity index (χ4v) is 6.00. The Morgan fingerprint density at radius 2 is 1.76 bits per heavy atom. The Labute approximate surface area is 238 Å². The molecule has 41 heavy (non-hydrogen) atoms. The Morgan fingerprint density at radius 3 is 2.44 bits per heavy atom. The molecule has 0 saturated carbocycles. The third-order valence-corrected chi connectivity index (χ3v) is 7.80. The smallest absolute Gasteiger partial charge is 0.337 e. The highest BCUT2D eigenvalue weighted by Crippen LogP contribution is 2.48. The summed E-state index contributed by atoms with van der Waals surface area (Å²) in [5, 5.41) is 10.4. The standard InChI is InChI=1S/C33H35F2NO5/c1-17-9-10-24(34)23(14-17)31(37)36-12-11-21-26(36)15-18(2)27(30(32(38)39)41-33(4,5)6)28(21)22-16-25(35)29-20(19(22)3)8-7-13-40-29/h9-10,14-16,30H,7-8,11-13H2,1-6H3,(H,38,39)/t30-/m0/s1. The molecule has 216 valence electrons. The van der Waals surface area contributed by atoms with Crippen LogP contribution in [0.4, 0.5) is 14.5 Å². The lowest BCUT2D eigenvalue weighted by Crippen LogP contribution is -2.30. The largest absolute Gasteiger partial charge is 0.490 e. The molecule has 0 radical (unpaired) electrons. The van der Waals surface area contributed by atoms with E-state index >= 15 is 4.39 Å². The molecule has 0 saturated heterocycles. The molecule has 0 aromatic heterocycles. The zero-order valence-corrected chi connectivity index (χ0v) is 24.3. The Hall–Kier alpha value is -3.78. The second-order valence-electron chi connectivity index (χ2n) is 11.9. The number of carbonyl (C=O) groups excluding carboxylic acids is 1. The van der Waals surface area contributed by atoms with E-state index in [2.05, 4.69) is 0 Å². The van der Waals surface area contributed by atoms with Gasteiger partial charge in [-0.1, -0.05) is 11.6 Å². The summed E-state index contributed by atoms with van der Waals surface area (Å²) in [7, 11) is 0. The first kappa shape index (κ1) is 28.7. The molecule has 3 aromatic carbocycles. The monoisotopic (exact) mass is 563 g/mol. The molecule has 0 spiro atoms. The highest BCUT2D eigenvalue weighted by atomic mass is 19.1. The Balaban J connectivity index is 1.78. The summed E-state index contributed by atoms with van der Waals surface area (Å²) in [4.78, 5) is 27.9. The predicted octanol–water partition coefficient (Wildman–Crippen LogP) is 7.03. The Morgan fingerprint density at radius 1 is 1.02 bits per heavy atom. The third-order valence-electron chi connectivity index (χ3n) is 7.80. The van der Waals surface area contributed by atoms with E-state index in [0.717, 1.165) is 23.1 Å². The van der Waals surface area contributed by atoms with Crippen LogP contribution in [0, 0.1) is 32.4 Å². The average Bonchev–Trinajstić information content (AvgIpc) is 3.32. The summed E-state index contributed by atoms with van der Waals surface area (Å²) in [6.07, 6.45) is 0.412. The number of halogens is 2. The van der Waals surface area contributed by atoms with Crippen LogP contribution in [-0.4, -0.2) is 35.7 Å². The molecule has 2 heterocycles. The number of aliphatic carboxylic acids is 1. The number of hydrogen-bond acceptors (Lipinski definition) is 4. The molecule has 2 aliphatic rings. The normalized spacial score (nSPS) is 15.3. The maximum absolute atomic E-state index is 15.5. The lowest BCUT2D eigenvalue weighted by molar-refractivity contribution is -0.160. The van der Waals surface area contributed by atoms with Crippen LogP contribution in [0.5, 0.6) is 5.75 Å². The van der Waals surface area contributed by atoms with Gasteiger partial charge >= 0.3 is 5.97 Å². The van der Waals surface area contributed by atoms with Crippen molar-refractivity contribution >= 4 is 17.6 Å². The molecule has 1 atom stereocenters. The van der Waals surface area contributed by atoms with Crippen molar-refractivity contribution in [1.82, 2.24) is 0 Å². The Kier molecular flexibility index (Phi) is 7.40. The average molecular weight is 564 g/mol. The van der Waals surface area contributed by atoms with Crippen LogP contribution in [0.15, 0.2) is 30.3 Å². The molecule has 3 aromatic rings. The molecule has 5 rings (SSSR count). The highest BCUT2D eigenvalue weighted by molar-refractivity contribution is 6.08. The number of ether oxygens (including phenoxy) is 2. The van der Waals surface area contributed by atoms with Gasteiger partial charge in [0.15, 0.2) is 17.7 Å². The molecule has 0 unspecified atom stereocenters. The van der Waals surface area contributed by atoms with E-state index in [0.29, 0.717) is 53.0 Å². The number of carboxylic acid groups (broad SMARTS) is 1. The summed E-state index contributed by atoms with van der Waals surface area (Å²) in [6, 6.07) is 7.58. The van der Waals surface area contributed by atoms with E-state index in [9.17, 15) is 19.1 Å². The fourth-order valence-electron chi connectivity index (χ4n) is 6.00. The lowest BCUT2D eigenvalue weighted by Gasteiger charge is -2.30. The molecule has 0 fully saturated rings. The topological polar surface area (TPSA) is 76.1 Å². The number of anilines is 1. The first-order valence-electron chi connectivity index (χ1n) is 13.9. The summed E-state index contributed by atoms with van der Waals surface area (Å²) >= 11 is 0. The van der Waals surface area contributed by atoms with Crippen molar-refractivity contribution in [2.24, 2.45) is 0 Å². The quantitative estimate of drug-likeness (QED) is 0.361. The number of rotatable bonds is 5. The van der Waals surface area contributed by atoms with E-state index in [1.54, 1.807) is 46.8 Å². The first-order chi connectivity index (χ1) is 19.3. The third kappa shape index (κ3) is 5.21. The van der Waals surface area contributed by atoms with Crippen molar-refractivity contribution in [1.29, 1.82) is 0 Å². The first-order valence-corrected chi connectivity index (χ1v) is 13.9. The predicted molar refractivity (Wildman–Crippen MR) is 153 cm³/mol. The van der Waals surface area contributed by atoms with Gasteiger partial charge in [0.1, 0.15) is 5.82 Å². The molecule has 6 nitrogen and oxygen atoms in total. The van der Waals surface area contributed by atoms with E-state index < -0.39 is 35.2 Å². The molecule has 0 bridgehead atoms. The van der Waals surface area contributed by atoms with Crippen molar-refractivity contribution in [3.8, 4) is 16.9 Å². The van der Waals surface area contributed by atoms with Crippen LogP contribution in [0.1, 0.15) is 77.0 Å². The summed E-state index contributed by atoms with van der Waals surface area (Å²) < 4.78 is 42.1. The van der Waals surface area contributed by atoms with E-state index in [4.69, 9.17) is 9.47 Å². The second kappa shape index (κ2) is 10.6. The van der Waals surface area contributed by atoms with Gasteiger partial charge in [0.2, 0.25) is 0 Å². The van der Waals surface area contributed by atoms with Crippen LogP contribution in [0.3, 0.4) is 0 Å². The highest BCUT2D eigenvalue weighted by Gasteiger charge is 2.37. The van der Waals surface area contributed by atoms with Gasteiger partial charge in [-0.3, -0.25) is 4.79 Å². The molecule has 2 aliphatic heterocycles. The summed E-state index contributed by atoms with van der Waals surface area (Å²) in [5.74, 6) is -2.55. The molecular formula is C33H35F2NO5. The van der Waals surface area contributed by atoms with Gasteiger partial charge in [-0.15, -0.1) is 0 Å². The fraction of sp³-hybridized carbons (Fsp3) is 0.394.